The lowest BCUT2D eigenvalue weighted by atomic mass is 9.86. The second kappa shape index (κ2) is 7.92. The minimum atomic E-state index is -0.913. The largest absolute Gasteiger partial charge is 0.481 e. The molecule has 0 spiro atoms. The van der Waals surface area contributed by atoms with Crippen LogP contribution in [0.15, 0.2) is 24.3 Å². The van der Waals surface area contributed by atoms with Gasteiger partial charge in [-0.2, -0.15) is 0 Å². The fourth-order valence-corrected chi connectivity index (χ4v) is 2.71. The lowest BCUT2D eigenvalue weighted by molar-refractivity contribution is -0.142. The van der Waals surface area contributed by atoms with Crippen molar-refractivity contribution in [3.8, 4) is 0 Å². The zero-order chi connectivity index (χ0) is 16.8. The molecule has 6 nitrogen and oxygen atoms in total. The smallest absolute Gasteiger partial charge is 0.315 e. The van der Waals surface area contributed by atoms with Crippen molar-refractivity contribution in [1.29, 1.82) is 0 Å². The van der Waals surface area contributed by atoms with E-state index in [0.717, 1.165) is 0 Å². The minimum absolute atomic E-state index is 0.0158. The van der Waals surface area contributed by atoms with Gasteiger partial charge in [-0.3, -0.25) is 4.79 Å². The van der Waals surface area contributed by atoms with Crippen LogP contribution in [0.25, 0.3) is 0 Å². The zero-order valence-electron chi connectivity index (χ0n) is 12.7. The number of carbonyl (C=O) groups is 2. The van der Waals surface area contributed by atoms with E-state index in [-0.39, 0.29) is 24.3 Å². The van der Waals surface area contributed by atoms with Gasteiger partial charge in [0.2, 0.25) is 0 Å². The minimum Gasteiger partial charge on any atom is -0.481 e. The van der Waals surface area contributed by atoms with Crippen LogP contribution in [0.2, 0.25) is 0 Å². The standard InChI is InChI=1S/C16H21FN2O4/c17-12-5-1-10(2-6-12)14(20)9-18-16(23)19-13-7-3-11(4-8-13)15(21)22/h1-2,5-6,11,13-14,20H,3-4,7-9H2,(H,21,22)(H2,18,19,23)/t11?,13?,14-/m0/s1. The summed E-state index contributed by atoms with van der Waals surface area (Å²) in [6.07, 6.45) is 1.45. The van der Waals surface area contributed by atoms with Crippen LogP contribution in [0.3, 0.4) is 0 Å². The molecule has 23 heavy (non-hydrogen) atoms. The van der Waals surface area contributed by atoms with Crippen LogP contribution in [-0.4, -0.2) is 34.8 Å². The number of carboxylic acid groups (broad SMARTS) is 1. The highest BCUT2D eigenvalue weighted by atomic mass is 19.1. The Balaban J connectivity index is 1.71. The molecule has 7 heteroatoms. The molecule has 1 aliphatic rings. The molecule has 4 N–H and O–H groups in total. The molecule has 1 aromatic carbocycles. The highest BCUT2D eigenvalue weighted by Gasteiger charge is 2.26. The van der Waals surface area contributed by atoms with Gasteiger partial charge in [0.05, 0.1) is 12.0 Å². The molecule has 1 fully saturated rings. The van der Waals surface area contributed by atoms with E-state index in [2.05, 4.69) is 10.6 Å². The van der Waals surface area contributed by atoms with E-state index in [4.69, 9.17) is 5.11 Å². The van der Waals surface area contributed by atoms with E-state index in [0.29, 0.717) is 31.2 Å². The number of aliphatic hydroxyl groups is 1. The van der Waals surface area contributed by atoms with Gasteiger partial charge in [-0.25, -0.2) is 9.18 Å². The molecule has 0 radical (unpaired) electrons. The average Bonchev–Trinajstić information content (AvgIpc) is 2.54. The summed E-state index contributed by atoms with van der Waals surface area (Å²) >= 11 is 0. The highest BCUT2D eigenvalue weighted by molar-refractivity contribution is 5.74. The molecular weight excluding hydrogens is 303 g/mol. The van der Waals surface area contributed by atoms with Crippen molar-refractivity contribution in [1.82, 2.24) is 10.6 Å². The first kappa shape index (κ1) is 17.2. The van der Waals surface area contributed by atoms with Crippen molar-refractivity contribution in [2.45, 2.75) is 37.8 Å². The van der Waals surface area contributed by atoms with E-state index < -0.39 is 18.1 Å². The summed E-state index contributed by atoms with van der Waals surface area (Å²) in [7, 11) is 0. The number of amides is 2. The van der Waals surface area contributed by atoms with Gasteiger partial charge in [0, 0.05) is 12.6 Å². The molecule has 0 aromatic heterocycles. The van der Waals surface area contributed by atoms with Crippen molar-refractivity contribution < 1.29 is 24.2 Å². The van der Waals surface area contributed by atoms with Gasteiger partial charge >= 0.3 is 12.0 Å². The summed E-state index contributed by atoms with van der Waals surface area (Å²) in [6, 6.07) is 4.98. The third-order valence-corrected chi connectivity index (χ3v) is 4.12. The molecule has 0 unspecified atom stereocenters. The molecular formula is C16H21FN2O4. The van der Waals surface area contributed by atoms with Gasteiger partial charge in [-0.05, 0) is 43.4 Å². The Morgan fingerprint density at radius 3 is 2.35 bits per heavy atom. The lowest BCUT2D eigenvalue weighted by Gasteiger charge is -2.27. The van der Waals surface area contributed by atoms with Crippen molar-refractivity contribution >= 4 is 12.0 Å². The lowest BCUT2D eigenvalue weighted by Crippen LogP contribution is -2.45. The summed E-state index contributed by atoms with van der Waals surface area (Å²) in [5, 5.41) is 24.2. The normalized spacial score (nSPS) is 22.2. The second-order valence-electron chi connectivity index (χ2n) is 5.81. The third-order valence-electron chi connectivity index (χ3n) is 4.12. The van der Waals surface area contributed by atoms with E-state index >= 15 is 0 Å². The number of aliphatic carboxylic acids is 1. The Bertz CT molecular complexity index is 542. The van der Waals surface area contributed by atoms with Crippen LogP contribution in [0.4, 0.5) is 9.18 Å². The number of hydrogen-bond acceptors (Lipinski definition) is 3. The topological polar surface area (TPSA) is 98.7 Å². The maximum absolute atomic E-state index is 12.8. The van der Waals surface area contributed by atoms with Crippen LogP contribution >= 0.6 is 0 Å². The number of halogens is 1. The number of benzene rings is 1. The number of urea groups is 1. The molecule has 2 rings (SSSR count). The van der Waals surface area contributed by atoms with E-state index in [1.54, 1.807) is 0 Å². The Labute approximate surface area is 133 Å². The molecule has 0 aliphatic heterocycles. The molecule has 0 bridgehead atoms. The van der Waals surface area contributed by atoms with Gasteiger partial charge in [0.15, 0.2) is 0 Å². The zero-order valence-corrected chi connectivity index (χ0v) is 12.7. The van der Waals surface area contributed by atoms with Gasteiger partial charge in [-0.1, -0.05) is 12.1 Å². The first-order valence-electron chi connectivity index (χ1n) is 7.66. The monoisotopic (exact) mass is 324 g/mol. The Hall–Kier alpha value is -2.15. The van der Waals surface area contributed by atoms with Crippen molar-refractivity contribution in [2.75, 3.05) is 6.54 Å². The van der Waals surface area contributed by atoms with Crippen LogP contribution in [-0.2, 0) is 4.79 Å². The van der Waals surface area contributed by atoms with Gasteiger partial charge in [0.25, 0.3) is 0 Å². The fraction of sp³-hybridized carbons (Fsp3) is 0.500. The Morgan fingerprint density at radius 1 is 1.17 bits per heavy atom. The maximum Gasteiger partial charge on any atom is 0.315 e. The van der Waals surface area contributed by atoms with Crippen molar-refractivity contribution in [3.05, 3.63) is 35.6 Å². The first-order chi connectivity index (χ1) is 11.0. The third kappa shape index (κ3) is 5.21. The van der Waals surface area contributed by atoms with E-state index in [9.17, 15) is 19.1 Å². The quantitative estimate of drug-likeness (QED) is 0.664. The summed E-state index contributed by atoms with van der Waals surface area (Å²) in [5.74, 6) is -1.49. The average molecular weight is 324 g/mol. The van der Waals surface area contributed by atoms with Crippen LogP contribution in [0.1, 0.15) is 37.4 Å². The van der Waals surface area contributed by atoms with Crippen LogP contribution in [0.5, 0.6) is 0 Å². The fourth-order valence-electron chi connectivity index (χ4n) is 2.71. The summed E-state index contributed by atoms with van der Waals surface area (Å²) in [6.45, 7) is 0.0158. The van der Waals surface area contributed by atoms with Gasteiger partial charge < -0.3 is 20.8 Å². The number of nitrogens with one attached hydrogen (secondary N) is 2. The Kier molecular flexibility index (Phi) is 5.92. The molecule has 1 saturated carbocycles. The predicted octanol–water partition coefficient (Wildman–Crippen LogP) is 1.80. The van der Waals surface area contributed by atoms with E-state index in [1.807, 2.05) is 0 Å². The highest BCUT2D eigenvalue weighted by Crippen LogP contribution is 2.24. The van der Waals surface area contributed by atoms with E-state index in [1.165, 1.54) is 24.3 Å². The van der Waals surface area contributed by atoms with Crippen LogP contribution < -0.4 is 10.6 Å². The molecule has 126 valence electrons. The molecule has 1 aliphatic carbocycles. The number of rotatable bonds is 5. The predicted molar refractivity (Wildman–Crippen MR) is 81.3 cm³/mol. The number of aliphatic hydroxyl groups excluding tert-OH is 1. The molecule has 1 aromatic rings. The van der Waals surface area contributed by atoms with Crippen LogP contribution in [0, 0.1) is 11.7 Å². The maximum atomic E-state index is 12.8. The van der Waals surface area contributed by atoms with Gasteiger partial charge in [-0.15, -0.1) is 0 Å². The molecule has 0 heterocycles. The molecule has 2 amide bonds. The van der Waals surface area contributed by atoms with Gasteiger partial charge in [0.1, 0.15) is 5.82 Å². The first-order valence-corrected chi connectivity index (χ1v) is 7.66. The summed E-state index contributed by atoms with van der Waals surface area (Å²) < 4.78 is 12.8. The van der Waals surface area contributed by atoms with Crippen molar-refractivity contribution in [3.63, 3.8) is 0 Å². The van der Waals surface area contributed by atoms with Crippen molar-refractivity contribution in [2.24, 2.45) is 5.92 Å². The summed E-state index contributed by atoms with van der Waals surface area (Å²) in [5.41, 5.74) is 0.522. The number of carboxylic acids is 1. The molecule has 1 atom stereocenters. The number of carbonyl (C=O) groups excluding carboxylic acids is 1. The SMILES string of the molecule is O=C(NC[C@H](O)c1ccc(F)cc1)NC1CCC(C(=O)O)CC1. The summed E-state index contributed by atoms with van der Waals surface area (Å²) in [4.78, 5) is 22.7. The Morgan fingerprint density at radius 2 is 1.78 bits per heavy atom. The molecule has 0 saturated heterocycles. The second-order valence-corrected chi connectivity index (χ2v) is 5.81. The number of hydrogen-bond donors (Lipinski definition) is 4.